The number of rotatable bonds is 5. The van der Waals surface area contributed by atoms with Gasteiger partial charge in [0.15, 0.2) is 0 Å². The van der Waals surface area contributed by atoms with Gasteiger partial charge >= 0.3 is 0 Å². The molecule has 1 saturated carbocycles. The highest BCUT2D eigenvalue weighted by molar-refractivity contribution is 8.00. The first-order chi connectivity index (χ1) is 7.25. The lowest BCUT2D eigenvalue weighted by Gasteiger charge is -2.01. The first-order valence-electron chi connectivity index (χ1n) is 5.15. The van der Waals surface area contributed by atoms with Crippen molar-refractivity contribution >= 4 is 17.5 Å². The van der Waals surface area contributed by atoms with E-state index in [2.05, 4.69) is 0 Å². The van der Waals surface area contributed by atoms with Crippen LogP contribution in [0.5, 0.6) is 0 Å². The van der Waals surface area contributed by atoms with Gasteiger partial charge in [-0.25, -0.2) is 4.39 Å². The van der Waals surface area contributed by atoms with Crippen LogP contribution in [0.1, 0.15) is 19.3 Å². The molecule has 0 bridgehead atoms. The van der Waals surface area contributed by atoms with Crippen molar-refractivity contribution in [1.29, 1.82) is 0 Å². The summed E-state index contributed by atoms with van der Waals surface area (Å²) in [6.45, 7) is 0. The van der Waals surface area contributed by atoms with Gasteiger partial charge in [-0.1, -0.05) is 12.1 Å². The van der Waals surface area contributed by atoms with Gasteiger partial charge in [0.05, 0.1) is 5.75 Å². The summed E-state index contributed by atoms with van der Waals surface area (Å²) in [5, 5.41) is 0. The van der Waals surface area contributed by atoms with E-state index >= 15 is 0 Å². The third-order valence-electron chi connectivity index (χ3n) is 2.44. The van der Waals surface area contributed by atoms with E-state index in [-0.39, 0.29) is 11.6 Å². The van der Waals surface area contributed by atoms with Crippen molar-refractivity contribution < 1.29 is 9.18 Å². The highest BCUT2D eigenvalue weighted by atomic mass is 32.2. The number of carbonyl (C=O) groups is 1. The number of Topliss-reactive ketones (excluding diaryl/α,β-unsaturated/α-hetero) is 1. The van der Waals surface area contributed by atoms with E-state index in [0.717, 1.165) is 0 Å². The molecular weight excluding hydrogens is 211 g/mol. The molecule has 1 nitrogen and oxygen atoms in total. The Hall–Kier alpha value is -0.830. The number of hydrogen-bond acceptors (Lipinski definition) is 2. The van der Waals surface area contributed by atoms with E-state index in [1.165, 1.54) is 30.7 Å². The quantitative estimate of drug-likeness (QED) is 0.714. The van der Waals surface area contributed by atoms with Crippen molar-refractivity contribution in [3.8, 4) is 0 Å². The third-order valence-corrected chi connectivity index (χ3v) is 3.55. The molecule has 0 spiro atoms. The van der Waals surface area contributed by atoms with Crippen molar-refractivity contribution in [2.75, 3.05) is 5.75 Å². The van der Waals surface area contributed by atoms with E-state index in [1.807, 2.05) is 0 Å². The molecule has 1 aliphatic carbocycles. The van der Waals surface area contributed by atoms with Gasteiger partial charge in [0.1, 0.15) is 11.6 Å². The summed E-state index contributed by atoms with van der Waals surface area (Å²) in [5.74, 6) is 1.03. The topological polar surface area (TPSA) is 17.1 Å². The first kappa shape index (κ1) is 10.7. The Kier molecular flexibility index (Phi) is 3.41. The molecule has 0 amide bonds. The van der Waals surface area contributed by atoms with Crippen molar-refractivity contribution in [3.05, 3.63) is 30.1 Å². The molecule has 1 aliphatic rings. The SMILES string of the molecule is O=C(CSc1ccccc1F)CC1CC1. The van der Waals surface area contributed by atoms with E-state index < -0.39 is 0 Å². The maximum atomic E-state index is 13.2. The van der Waals surface area contributed by atoms with Gasteiger partial charge in [0.25, 0.3) is 0 Å². The summed E-state index contributed by atoms with van der Waals surface area (Å²) < 4.78 is 13.2. The molecule has 0 aliphatic heterocycles. The molecule has 0 aromatic heterocycles. The number of thioether (sulfide) groups is 1. The second-order valence-corrected chi connectivity index (χ2v) is 4.92. The molecule has 80 valence electrons. The Morgan fingerprint density at radius 1 is 1.40 bits per heavy atom. The van der Waals surface area contributed by atoms with Gasteiger partial charge in [-0.3, -0.25) is 4.79 Å². The molecule has 1 aromatic rings. The van der Waals surface area contributed by atoms with Crippen LogP contribution in [0.3, 0.4) is 0 Å². The van der Waals surface area contributed by atoms with Crippen LogP contribution in [0.2, 0.25) is 0 Å². The van der Waals surface area contributed by atoms with Crippen LogP contribution in [-0.2, 0) is 4.79 Å². The number of carbonyl (C=O) groups excluding carboxylic acids is 1. The van der Waals surface area contributed by atoms with E-state index in [0.29, 0.717) is 23.0 Å². The number of ketones is 1. The summed E-state index contributed by atoms with van der Waals surface area (Å²) in [6.07, 6.45) is 3.06. The van der Waals surface area contributed by atoms with Crippen LogP contribution in [-0.4, -0.2) is 11.5 Å². The van der Waals surface area contributed by atoms with Crippen LogP contribution in [0.15, 0.2) is 29.2 Å². The van der Waals surface area contributed by atoms with Crippen LogP contribution in [0.25, 0.3) is 0 Å². The predicted molar refractivity (Wildman–Crippen MR) is 59.5 cm³/mol. The van der Waals surface area contributed by atoms with Gasteiger partial charge in [-0.15, -0.1) is 11.8 Å². The monoisotopic (exact) mass is 224 g/mol. The van der Waals surface area contributed by atoms with Gasteiger partial charge in [0.2, 0.25) is 0 Å². The molecule has 0 atom stereocenters. The fraction of sp³-hybridized carbons (Fsp3) is 0.417. The average molecular weight is 224 g/mol. The van der Waals surface area contributed by atoms with Gasteiger partial charge in [0, 0.05) is 11.3 Å². The Bertz CT molecular complexity index is 360. The van der Waals surface area contributed by atoms with Crippen LogP contribution in [0.4, 0.5) is 4.39 Å². The highest BCUT2D eigenvalue weighted by Gasteiger charge is 2.24. The fourth-order valence-electron chi connectivity index (χ4n) is 1.42. The summed E-state index contributed by atoms with van der Waals surface area (Å²) >= 11 is 1.30. The van der Waals surface area contributed by atoms with Gasteiger partial charge < -0.3 is 0 Å². The summed E-state index contributed by atoms with van der Waals surface area (Å²) in [5.41, 5.74) is 0. The zero-order valence-corrected chi connectivity index (χ0v) is 9.23. The molecule has 1 fully saturated rings. The van der Waals surface area contributed by atoms with Crippen LogP contribution in [0, 0.1) is 11.7 Å². The molecule has 0 unspecified atom stereocenters. The normalized spacial score (nSPS) is 15.3. The zero-order chi connectivity index (χ0) is 10.7. The van der Waals surface area contributed by atoms with Crippen molar-refractivity contribution in [1.82, 2.24) is 0 Å². The maximum absolute atomic E-state index is 13.2. The minimum absolute atomic E-state index is 0.235. The number of benzene rings is 1. The fourth-order valence-corrected chi connectivity index (χ4v) is 2.24. The largest absolute Gasteiger partial charge is 0.299 e. The van der Waals surface area contributed by atoms with Gasteiger partial charge in [-0.2, -0.15) is 0 Å². The third kappa shape index (κ3) is 3.34. The molecule has 0 N–H and O–H groups in total. The van der Waals surface area contributed by atoms with Crippen LogP contribution >= 0.6 is 11.8 Å². The lowest BCUT2D eigenvalue weighted by atomic mass is 10.2. The molecule has 0 saturated heterocycles. The molecule has 3 heteroatoms. The summed E-state index contributed by atoms with van der Waals surface area (Å²) in [4.78, 5) is 12.0. The standard InChI is InChI=1S/C12H13FOS/c13-11-3-1-2-4-12(11)15-8-10(14)7-9-5-6-9/h1-4,9H,5-8H2. The second-order valence-electron chi connectivity index (χ2n) is 3.91. The maximum Gasteiger partial charge on any atom is 0.143 e. The Labute approximate surface area is 93.1 Å². The zero-order valence-electron chi connectivity index (χ0n) is 8.41. The predicted octanol–water partition coefficient (Wildman–Crippen LogP) is 3.29. The highest BCUT2D eigenvalue weighted by Crippen LogP contribution is 2.33. The van der Waals surface area contributed by atoms with Crippen molar-refractivity contribution in [2.24, 2.45) is 5.92 Å². The average Bonchev–Trinajstić information content (AvgIpc) is 3.00. The van der Waals surface area contributed by atoms with Crippen LogP contribution < -0.4 is 0 Å². The first-order valence-corrected chi connectivity index (χ1v) is 6.13. The number of hydrogen-bond donors (Lipinski definition) is 0. The minimum Gasteiger partial charge on any atom is -0.299 e. The van der Waals surface area contributed by atoms with E-state index in [9.17, 15) is 9.18 Å². The Morgan fingerprint density at radius 2 is 2.13 bits per heavy atom. The lowest BCUT2D eigenvalue weighted by Crippen LogP contribution is -2.02. The summed E-state index contributed by atoms with van der Waals surface area (Å²) in [6, 6.07) is 6.58. The molecule has 15 heavy (non-hydrogen) atoms. The summed E-state index contributed by atoms with van der Waals surface area (Å²) in [7, 11) is 0. The van der Waals surface area contributed by atoms with E-state index in [4.69, 9.17) is 0 Å². The minimum atomic E-state index is -0.235. The molecule has 0 radical (unpaired) electrons. The second kappa shape index (κ2) is 4.79. The molecular formula is C12H13FOS. The van der Waals surface area contributed by atoms with Crippen molar-refractivity contribution in [2.45, 2.75) is 24.2 Å². The molecule has 2 rings (SSSR count). The van der Waals surface area contributed by atoms with E-state index in [1.54, 1.807) is 18.2 Å². The number of halogens is 1. The molecule has 0 heterocycles. The van der Waals surface area contributed by atoms with Gasteiger partial charge in [-0.05, 0) is 30.9 Å². The smallest absolute Gasteiger partial charge is 0.143 e. The lowest BCUT2D eigenvalue weighted by molar-refractivity contribution is -0.116. The Balaban J connectivity index is 1.81. The Morgan fingerprint density at radius 3 is 2.80 bits per heavy atom. The van der Waals surface area contributed by atoms with Crippen molar-refractivity contribution in [3.63, 3.8) is 0 Å². The molecule has 1 aromatic carbocycles.